The second-order valence-corrected chi connectivity index (χ2v) is 7.68. The van der Waals surface area contributed by atoms with Gasteiger partial charge in [0.2, 0.25) is 5.91 Å². The molecule has 2 saturated heterocycles. The Hall–Kier alpha value is -1.75. The number of carbonyl (C=O) groups is 1. The first-order valence-electron chi connectivity index (χ1n) is 10.2. The summed E-state index contributed by atoms with van der Waals surface area (Å²) < 4.78 is 11.4. The molecule has 5 heteroatoms. The van der Waals surface area contributed by atoms with E-state index in [2.05, 4.69) is 21.9 Å². The van der Waals surface area contributed by atoms with Gasteiger partial charge in [0.15, 0.2) is 11.5 Å². The van der Waals surface area contributed by atoms with Crippen LogP contribution in [-0.4, -0.2) is 55.1 Å². The van der Waals surface area contributed by atoms with E-state index in [1.54, 1.807) is 0 Å². The standard InChI is InChI=1S/C21H30N2O3/c24-21(22-10-4-2-1-3-5-11-22)16-23-12-6-7-18(23)17-8-9-19-20(15-17)26-14-13-25-19/h8-9,15,18H,1-7,10-14,16H2/t18-/m1/s1. The molecule has 0 bridgehead atoms. The smallest absolute Gasteiger partial charge is 0.236 e. The van der Waals surface area contributed by atoms with Crippen molar-refractivity contribution in [3.63, 3.8) is 0 Å². The zero-order valence-corrected chi connectivity index (χ0v) is 15.6. The molecule has 1 amide bonds. The number of carbonyl (C=O) groups excluding carboxylic acids is 1. The molecule has 0 unspecified atom stereocenters. The normalized spacial score (nSPS) is 24.2. The number of ether oxygens (including phenoxy) is 2. The van der Waals surface area contributed by atoms with E-state index in [4.69, 9.17) is 9.47 Å². The fraction of sp³-hybridized carbons (Fsp3) is 0.667. The highest BCUT2D eigenvalue weighted by Crippen LogP contribution is 2.38. The molecule has 1 aromatic carbocycles. The highest BCUT2D eigenvalue weighted by molar-refractivity contribution is 5.78. The predicted molar refractivity (Wildman–Crippen MR) is 101 cm³/mol. The van der Waals surface area contributed by atoms with Gasteiger partial charge in [0.1, 0.15) is 13.2 Å². The van der Waals surface area contributed by atoms with Crippen LogP contribution in [0.3, 0.4) is 0 Å². The predicted octanol–water partition coefficient (Wildman–Crippen LogP) is 3.39. The van der Waals surface area contributed by atoms with Gasteiger partial charge in [-0.3, -0.25) is 9.69 Å². The minimum absolute atomic E-state index is 0.302. The molecule has 1 atom stereocenters. The van der Waals surface area contributed by atoms with Gasteiger partial charge in [0, 0.05) is 19.1 Å². The Morgan fingerprint density at radius 3 is 2.46 bits per heavy atom. The topological polar surface area (TPSA) is 42.0 Å². The molecule has 0 N–H and O–H groups in total. The first-order valence-corrected chi connectivity index (χ1v) is 10.2. The minimum Gasteiger partial charge on any atom is -0.486 e. The average Bonchev–Trinajstić information content (AvgIpc) is 3.09. The Bertz CT molecular complexity index is 626. The average molecular weight is 358 g/mol. The SMILES string of the molecule is O=C(CN1CCC[C@@H]1c1ccc2c(c1)OCCO2)N1CCCCCCC1. The highest BCUT2D eigenvalue weighted by atomic mass is 16.6. The molecule has 0 aromatic heterocycles. The zero-order valence-electron chi connectivity index (χ0n) is 15.6. The minimum atomic E-state index is 0.302. The van der Waals surface area contributed by atoms with E-state index in [1.165, 1.54) is 24.8 Å². The lowest BCUT2D eigenvalue weighted by Gasteiger charge is -2.30. The number of rotatable bonds is 3. The Labute approximate surface area is 156 Å². The summed E-state index contributed by atoms with van der Waals surface area (Å²) in [5, 5.41) is 0. The van der Waals surface area contributed by atoms with Crippen molar-refractivity contribution < 1.29 is 14.3 Å². The summed E-state index contributed by atoms with van der Waals surface area (Å²) in [5.41, 5.74) is 1.24. The molecule has 0 aliphatic carbocycles. The van der Waals surface area contributed by atoms with E-state index in [0.29, 0.717) is 31.7 Å². The van der Waals surface area contributed by atoms with E-state index in [1.807, 2.05) is 6.07 Å². The van der Waals surface area contributed by atoms with Crippen molar-refractivity contribution in [2.45, 2.75) is 51.0 Å². The Kier molecular flexibility index (Phi) is 5.63. The molecule has 1 aromatic rings. The van der Waals surface area contributed by atoms with Crippen LogP contribution in [0.15, 0.2) is 18.2 Å². The largest absolute Gasteiger partial charge is 0.486 e. The van der Waals surface area contributed by atoms with Crippen LogP contribution in [-0.2, 0) is 4.79 Å². The van der Waals surface area contributed by atoms with Crippen LogP contribution in [0.4, 0.5) is 0 Å². The summed E-state index contributed by atoms with van der Waals surface area (Å²) in [6.45, 7) is 4.63. The highest BCUT2D eigenvalue weighted by Gasteiger charge is 2.30. The van der Waals surface area contributed by atoms with Gasteiger partial charge in [-0.15, -0.1) is 0 Å². The van der Waals surface area contributed by atoms with Crippen molar-refractivity contribution >= 4 is 5.91 Å². The van der Waals surface area contributed by atoms with Crippen LogP contribution in [0.1, 0.15) is 56.6 Å². The first kappa shape index (κ1) is 17.7. The molecule has 3 aliphatic rings. The van der Waals surface area contributed by atoms with Gasteiger partial charge in [0.25, 0.3) is 0 Å². The third-order valence-corrected chi connectivity index (χ3v) is 5.86. The van der Waals surface area contributed by atoms with E-state index in [0.717, 1.165) is 56.8 Å². The van der Waals surface area contributed by atoms with Crippen molar-refractivity contribution in [3.05, 3.63) is 23.8 Å². The van der Waals surface area contributed by atoms with Crippen LogP contribution in [0.5, 0.6) is 11.5 Å². The number of hydrogen-bond acceptors (Lipinski definition) is 4. The first-order chi connectivity index (χ1) is 12.8. The number of nitrogens with zero attached hydrogens (tertiary/aromatic N) is 2. The second-order valence-electron chi connectivity index (χ2n) is 7.68. The summed E-state index contributed by atoms with van der Waals surface area (Å²) >= 11 is 0. The lowest BCUT2D eigenvalue weighted by Crippen LogP contribution is -2.41. The molecule has 26 heavy (non-hydrogen) atoms. The van der Waals surface area contributed by atoms with Crippen LogP contribution >= 0.6 is 0 Å². The van der Waals surface area contributed by atoms with Crippen molar-refractivity contribution in [1.29, 1.82) is 0 Å². The van der Waals surface area contributed by atoms with Gasteiger partial charge in [0.05, 0.1) is 6.54 Å². The zero-order chi connectivity index (χ0) is 17.8. The van der Waals surface area contributed by atoms with Crippen molar-refractivity contribution in [2.24, 2.45) is 0 Å². The molecule has 4 rings (SSSR count). The fourth-order valence-corrected chi connectivity index (χ4v) is 4.43. The Balaban J connectivity index is 1.42. The summed E-state index contributed by atoms with van der Waals surface area (Å²) in [5.74, 6) is 1.98. The maximum Gasteiger partial charge on any atom is 0.236 e. The molecule has 3 heterocycles. The fourth-order valence-electron chi connectivity index (χ4n) is 4.43. The maximum atomic E-state index is 12.9. The molecular formula is C21H30N2O3. The monoisotopic (exact) mass is 358 g/mol. The second kappa shape index (κ2) is 8.30. The third-order valence-electron chi connectivity index (χ3n) is 5.86. The number of amides is 1. The summed E-state index contributed by atoms with van der Waals surface area (Å²) in [6, 6.07) is 6.57. The number of fused-ring (bicyclic) bond motifs is 1. The van der Waals surface area contributed by atoms with Gasteiger partial charge in [-0.25, -0.2) is 0 Å². The van der Waals surface area contributed by atoms with Gasteiger partial charge in [-0.2, -0.15) is 0 Å². The summed E-state index contributed by atoms with van der Waals surface area (Å²) in [4.78, 5) is 17.3. The number of benzene rings is 1. The van der Waals surface area contributed by atoms with E-state index in [9.17, 15) is 4.79 Å². The molecule has 0 saturated carbocycles. The lowest BCUT2D eigenvalue weighted by atomic mass is 10.0. The van der Waals surface area contributed by atoms with Crippen molar-refractivity contribution in [1.82, 2.24) is 9.80 Å². The molecular weight excluding hydrogens is 328 g/mol. The summed E-state index contributed by atoms with van der Waals surface area (Å²) in [7, 11) is 0. The Morgan fingerprint density at radius 2 is 1.65 bits per heavy atom. The molecule has 2 fully saturated rings. The molecule has 0 radical (unpaired) electrons. The van der Waals surface area contributed by atoms with Crippen LogP contribution in [0.25, 0.3) is 0 Å². The van der Waals surface area contributed by atoms with Gasteiger partial charge in [-0.05, 0) is 49.9 Å². The van der Waals surface area contributed by atoms with E-state index < -0.39 is 0 Å². The van der Waals surface area contributed by atoms with E-state index in [-0.39, 0.29) is 0 Å². The summed E-state index contributed by atoms with van der Waals surface area (Å²) in [6.07, 6.45) is 8.38. The molecule has 3 aliphatic heterocycles. The van der Waals surface area contributed by atoms with Gasteiger partial charge >= 0.3 is 0 Å². The van der Waals surface area contributed by atoms with Crippen LogP contribution in [0.2, 0.25) is 0 Å². The third kappa shape index (κ3) is 3.98. The van der Waals surface area contributed by atoms with Gasteiger partial charge < -0.3 is 14.4 Å². The van der Waals surface area contributed by atoms with Crippen LogP contribution < -0.4 is 9.47 Å². The molecule has 0 spiro atoms. The van der Waals surface area contributed by atoms with Crippen LogP contribution in [0, 0.1) is 0 Å². The lowest BCUT2D eigenvalue weighted by molar-refractivity contribution is -0.133. The van der Waals surface area contributed by atoms with Crippen molar-refractivity contribution in [3.8, 4) is 11.5 Å². The number of likely N-dealkylation sites (tertiary alicyclic amines) is 2. The van der Waals surface area contributed by atoms with Gasteiger partial charge in [-0.1, -0.05) is 25.3 Å². The number of hydrogen-bond donors (Lipinski definition) is 0. The Morgan fingerprint density at radius 1 is 0.923 bits per heavy atom. The quantitative estimate of drug-likeness (QED) is 0.831. The molecule has 5 nitrogen and oxygen atoms in total. The van der Waals surface area contributed by atoms with E-state index >= 15 is 0 Å². The maximum absolute atomic E-state index is 12.9. The molecule has 142 valence electrons. The van der Waals surface area contributed by atoms with Crippen molar-refractivity contribution in [2.75, 3.05) is 39.4 Å².